The van der Waals surface area contributed by atoms with E-state index in [-0.39, 0.29) is 37.1 Å². The molecule has 0 atom stereocenters. The predicted octanol–water partition coefficient (Wildman–Crippen LogP) is 5.55. The van der Waals surface area contributed by atoms with Crippen molar-refractivity contribution in [3.8, 4) is 0 Å². The Labute approximate surface area is 199 Å². The van der Waals surface area contributed by atoms with E-state index in [9.17, 15) is 26.9 Å². The molecule has 0 saturated carbocycles. The third-order valence-corrected chi connectivity index (χ3v) is 2.46. The number of nitrogens with zero attached hydrogens (tertiary/aromatic N) is 1. The van der Waals surface area contributed by atoms with Crippen LogP contribution in [0, 0.1) is 10.1 Å². The fourth-order valence-corrected chi connectivity index (χ4v) is 1.34. The van der Waals surface area contributed by atoms with Crippen molar-refractivity contribution in [3.63, 3.8) is 0 Å². The molecule has 0 aromatic carbocycles. The number of allylic oxidation sites excluding steroid dienone is 1. The molecule has 0 amide bonds. The van der Waals surface area contributed by atoms with Gasteiger partial charge in [0.05, 0.1) is 11.2 Å². The first-order chi connectivity index (χ1) is 11.7. The number of carbonyl (C=O) groups is 1. The summed E-state index contributed by atoms with van der Waals surface area (Å²) >= 11 is 0. The van der Waals surface area contributed by atoms with Crippen molar-refractivity contribution in [3.05, 3.63) is 22.4 Å². The molecule has 0 fully saturated rings. The summed E-state index contributed by atoms with van der Waals surface area (Å²) in [6, 6.07) is 0. The summed E-state index contributed by atoms with van der Waals surface area (Å²) in [5.74, 6) is 0.337. The van der Waals surface area contributed by atoms with Gasteiger partial charge in [0.25, 0.3) is 0 Å². The van der Waals surface area contributed by atoms with Gasteiger partial charge in [-0.3, -0.25) is 10.1 Å². The summed E-state index contributed by atoms with van der Waals surface area (Å²) < 4.78 is 39.6. The highest BCUT2D eigenvalue weighted by molar-refractivity contribution is 8.13. The van der Waals surface area contributed by atoms with Crippen LogP contribution in [0.2, 0.25) is 0 Å². The van der Waals surface area contributed by atoms with Crippen LogP contribution < -0.4 is 5.73 Å². The van der Waals surface area contributed by atoms with Gasteiger partial charge in [-0.25, -0.2) is 16.8 Å². The summed E-state index contributed by atoms with van der Waals surface area (Å²) in [7, 11) is -1.38. The first kappa shape index (κ1) is 63.1. The molecule has 0 aliphatic rings. The average Bonchev–Trinajstić information content (AvgIpc) is 2.44. The number of rotatable bonds is 5. The molecule has 0 saturated heterocycles. The number of unbranched alkanes of at least 4 members (excludes halogenated alkanes) is 1. The quantitative estimate of drug-likeness (QED) is 0.214. The predicted molar refractivity (Wildman–Crippen MR) is 142 cm³/mol. The first-order valence-electron chi connectivity index (χ1n) is 7.60. The zero-order chi connectivity index (χ0) is 22.2. The normalized spacial score (nSPS) is 8.13. The maximum Gasteiger partial charge on any atom is 0.230 e. The van der Waals surface area contributed by atoms with Gasteiger partial charge in [-0.05, 0) is 39.3 Å². The lowest BCUT2D eigenvalue weighted by atomic mass is 10.4. The average molecular weight is 521 g/mol. The van der Waals surface area contributed by atoms with Gasteiger partial charge >= 0.3 is 0 Å². The molecule has 0 rings (SSSR count). The standard InChI is InChI=1S/C5H12O2S.C3H5NO2.C3H9N.C2H4O.CH3ClO2S.5CH4/c1-3-4-5-8(2,6)7;1-2-3-4(5)6;1-2-3-4;1-2-3;1-5(2,3)4;;;;;/h3-5H2,1-2H3;2-3H,1H3;2-4H2,1H3;2H,1H3;1H3;5*1H4/b;3-2+;;;;;;;;. The number of carbonyl (C=O) groups excluding carboxylic acids is 1. The van der Waals surface area contributed by atoms with Crippen molar-refractivity contribution in [1.29, 1.82) is 0 Å². The molecular weight excluding hydrogens is 468 g/mol. The summed E-state index contributed by atoms with van der Waals surface area (Å²) in [4.78, 5) is 17.6. The number of hydrogen-bond donors (Lipinski definition) is 1. The van der Waals surface area contributed by atoms with Gasteiger partial charge < -0.3 is 10.5 Å². The SMILES string of the molecule is C.C.C.C.C.C/C=C/[N+](=O)[O-].CC=O.CCCCS(C)(=O)=O.CCCN.CS(=O)(=O)Cl. The van der Waals surface area contributed by atoms with Crippen LogP contribution in [-0.4, -0.2) is 52.9 Å². The lowest BCUT2D eigenvalue weighted by molar-refractivity contribution is -0.402. The fourth-order valence-electron chi connectivity index (χ4n) is 0.528. The van der Waals surface area contributed by atoms with Crippen molar-refractivity contribution >= 4 is 35.9 Å². The molecule has 0 aromatic heterocycles. The highest BCUT2D eigenvalue weighted by Gasteiger charge is 1.97. The second-order valence-corrected chi connectivity index (χ2v) is 9.76. The Balaban J connectivity index is -0.0000000221. The molecule has 0 spiro atoms. The number of aldehydes is 1. The Morgan fingerprint density at radius 2 is 1.19 bits per heavy atom. The lowest BCUT2D eigenvalue weighted by Crippen LogP contribution is -2.01. The number of sulfone groups is 1. The maximum atomic E-state index is 10.4. The lowest BCUT2D eigenvalue weighted by Gasteiger charge is -1.91. The number of halogens is 1. The van der Waals surface area contributed by atoms with E-state index in [0.717, 1.165) is 44.5 Å². The Morgan fingerprint density at radius 1 is 0.935 bits per heavy atom. The van der Waals surface area contributed by atoms with E-state index in [0.29, 0.717) is 5.75 Å². The largest absolute Gasteiger partial charge is 0.330 e. The fraction of sp³-hybridized carbons (Fsp3) is 0.842. The molecule has 0 unspecified atom stereocenters. The summed E-state index contributed by atoms with van der Waals surface area (Å²) in [6.45, 7) is 7.90. The second kappa shape index (κ2) is 46.9. The molecule has 9 nitrogen and oxygen atoms in total. The number of nitro groups is 1. The second-order valence-electron chi connectivity index (χ2n) is 4.46. The van der Waals surface area contributed by atoms with Gasteiger partial charge in [-0.15, -0.1) is 0 Å². The molecule has 12 heteroatoms. The minimum atomic E-state index is -3.19. The van der Waals surface area contributed by atoms with Crippen molar-refractivity contribution in [2.45, 2.75) is 84.1 Å². The minimum Gasteiger partial charge on any atom is -0.330 e. The highest BCUT2D eigenvalue weighted by atomic mass is 35.7. The molecule has 2 N–H and O–H groups in total. The monoisotopic (exact) mass is 520 g/mol. The third kappa shape index (κ3) is 332. The molecule has 0 aliphatic carbocycles. The summed E-state index contributed by atoms with van der Waals surface area (Å²) in [6.07, 6.45) is 8.04. The van der Waals surface area contributed by atoms with Crippen LogP contribution in [-0.2, 0) is 23.7 Å². The topological polar surface area (TPSA) is 155 Å². The Bertz CT molecular complexity index is 527. The van der Waals surface area contributed by atoms with Gasteiger partial charge in [-0.2, -0.15) is 0 Å². The van der Waals surface area contributed by atoms with Gasteiger partial charge in [0.2, 0.25) is 15.3 Å². The first-order valence-corrected chi connectivity index (χ1v) is 12.4. The summed E-state index contributed by atoms with van der Waals surface area (Å²) in [5.41, 5.74) is 5.03. The zero-order valence-electron chi connectivity index (χ0n) is 16.3. The Hall–Kier alpha value is -1.04. The summed E-state index contributed by atoms with van der Waals surface area (Å²) in [5, 5.41) is 9.32. The van der Waals surface area contributed by atoms with E-state index in [1.807, 2.05) is 6.92 Å². The molecule has 0 heterocycles. The van der Waals surface area contributed by atoms with Gasteiger partial charge in [-0.1, -0.05) is 57.4 Å². The smallest absolute Gasteiger partial charge is 0.230 e. The van der Waals surface area contributed by atoms with Crippen LogP contribution in [0.5, 0.6) is 0 Å². The van der Waals surface area contributed by atoms with Crippen molar-refractivity contribution in [1.82, 2.24) is 0 Å². The molecular formula is C19H53ClN2O7S2. The van der Waals surface area contributed by atoms with Crippen LogP contribution in [0.15, 0.2) is 12.3 Å². The van der Waals surface area contributed by atoms with Gasteiger partial charge in [0.15, 0.2) is 0 Å². The molecule has 0 aromatic rings. The van der Waals surface area contributed by atoms with E-state index in [2.05, 4.69) is 17.6 Å². The molecule has 0 radical (unpaired) electrons. The van der Waals surface area contributed by atoms with Crippen LogP contribution in [0.4, 0.5) is 0 Å². The number of hydrogen-bond acceptors (Lipinski definition) is 8. The Kier molecular flexibility index (Phi) is 95.5. The van der Waals surface area contributed by atoms with Crippen molar-refractivity contribution in [2.75, 3.05) is 24.8 Å². The third-order valence-electron chi connectivity index (χ3n) is 1.43. The maximum absolute atomic E-state index is 10.4. The van der Waals surface area contributed by atoms with Crippen LogP contribution in [0.3, 0.4) is 0 Å². The van der Waals surface area contributed by atoms with E-state index in [1.165, 1.54) is 19.3 Å². The van der Waals surface area contributed by atoms with E-state index < -0.39 is 23.8 Å². The van der Waals surface area contributed by atoms with Gasteiger partial charge in [0, 0.05) is 22.7 Å². The van der Waals surface area contributed by atoms with Gasteiger partial charge in [0.1, 0.15) is 16.1 Å². The van der Waals surface area contributed by atoms with Crippen molar-refractivity contribution in [2.24, 2.45) is 5.73 Å². The van der Waals surface area contributed by atoms with E-state index >= 15 is 0 Å². The van der Waals surface area contributed by atoms with E-state index in [4.69, 9.17) is 10.5 Å². The molecule has 31 heavy (non-hydrogen) atoms. The minimum absolute atomic E-state index is 0. The van der Waals surface area contributed by atoms with Crippen LogP contribution in [0.1, 0.15) is 84.1 Å². The highest BCUT2D eigenvalue weighted by Crippen LogP contribution is 1.91. The van der Waals surface area contributed by atoms with Crippen LogP contribution in [0.25, 0.3) is 0 Å². The van der Waals surface area contributed by atoms with E-state index in [1.54, 1.807) is 6.92 Å². The van der Waals surface area contributed by atoms with Crippen LogP contribution >= 0.6 is 10.7 Å². The molecule has 0 bridgehead atoms. The Morgan fingerprint density at radius 3 is 1.23 bits per heavy atom. The number of nitrogens with two attached hydrogens (primary N) is 1. The molecule has 0 aliphatic heterocycles. The van der Waals surface area contributed by atoms with Crippen molar-refractivity contribution < 1.29 is 26.6 Å². The molecule has 200 valence electrons. The zero-order valence-corrected chi connectivity index (χ0v) is 18.7.